The van der Waals surface area contributed by atoms with Crippen molar-refractivity contribution in [2.45, 2.75) is 58.0 Å². The minimum atomic E-state index is -0.551. The zero-order chi connectivity index (χ0) is 22.8. The Kier molecular flexibility index (Phi) is 10.7. The monoisotopic (exact) mass is 480 g/mol. The second kappa shape index (κ2) is 13.0. The van der Waals surface area contributed by atoms with E-state index in [4.69, 9.17) is 23.2 Å². The van der Waals surface area contributed by atoms with Crippen LogP contribution in [-0.4, -0.2) is 34.6 Å². The Morgan fingerprint density at radius 1 is 1.06 bits per heavy atom. The summed E-state index contributed by atoms with van der Waals surface area (Å²) in [6.07, 6.45) is 1.35. The number of nitrogens with one attached hydrogen (secondary N) is 1. The van der Waals surface area contributed by atoms with Gasteiger partial charge in [0.2, 0.25) is 11.8 Å². The first-order valence-corrected chi connectivity index (χ1v) is 12.4. The van der Waals surface area contributed by atoms with Gasteiger partial charge in [-0.25, -0.2) is 0 Å². The van der Waals surface area contributed by atoms with Crippen LogP contribution < -0.4 is 5.32 Å². The fourth-order valence-corrected chi connectivity index (χ4v) is 4.40. The summed E-state index contributed by atoms with van der Waals surface area (Å²) in [5.41, 5.74) is 1.89. The predicted molar refractivity (Wildman–Crippen MR) is 132 cm³/mol. The van der Waals surface area contributed by atoms with Crippen LogP contribution in [0.15, 0.2) is 48.5 Å². The molecule has 0 saturated carbocycles. The number of hydrogen-bond acceptors (Lipinski definition) is 3. The molecule has 4 nitrogen and oxygen atoms in total. The van der Waals surface area contributed by atoms with E-state index >= 15 is 0 Å². The maximum Gasteiger partial charge on any atom is 0.243 e. The maximum atomic E-state index is 13.2. The second-order valence-electron chi connectivity index (χ2n) is 7.48. The van der Waals surface area contributed by atoms with E-state index < -0.39 is 6.04 Å². The molecule has 7 heteroatoms. The summed E-state index contributed by atoms with van der Waals surface area (Å²) < 4.78 is 0. The van der Waals surface area contributed by atoms with E-state index in [-0.39, 0.29) is 23.6 Å². The summed E-state index contributed by atoms with van der Waals surface area (Å²) in [6.45, 7) is 6.20. The molecule has 0 aromatic heterocycles. The van der Waals surface area contributed by atoms with Gasteiger partial charge in [-0.15, -0.1) is 11.8 Å². The Morgan fingerprint density at radius 3 is 2.45 bits per heavy atom. The van der Waals surface area contributed by atoms with Gasteiger partial charge >= 0.3 is 0 Å². The van der Waals surface area contributed by atoms with Crippen LogP contribution in [0, 0.1) is 0 Å². The molecular formula is C24H30Cl2N2O2S. The normalized spacial score (nSPS) is 12.8. The summed E-state index contributed by atoms with van der Waals surface area (Å²) in [7, 11) is 0. The molecule has 2 aromatic carbocycles. The number of nitrogens with zero attached hydrogens (tertiary/aromatic N) is 1. The molecule has 0 aliphatic heterocycles. The van der Waals surface area contributed by atoms with Crippen molar-refractivity contribution in [2.24, 2.45) is 0 Å². The fourth-order valence-electron chi connectivity index (χ4n) is 3.14. The lowest BCUT2D eigenvalue weighted by Gasteiger charge is -2.31. The van der Waals surface area contributed by atoms with Gasteiger partial charge in [-0.1, -0.05) is 67.4 Å². The van der Waals surface area contributed by atoms with Crippen molar-refractivity contribution >= 4 is 46.8 Å². The summed E-state index contributed by atoms with van der Waals surface area (Å²) in [4.78, 5) is 27.8. The third kappa shape index (κ3) is 8.06. The number of thioether (sulfide) groups is 1. The molecule has 0 bridgehead atoms. The molecule has 0 radical (unpaired) electrons. The first-order chi connectivity index (χ1) is 14.8. The van der Waals surface area contributed by atoms with Crippen molar-refractivity contribution in [3.63, 3.8) is 0 Å². The SMILES string of the molecule is CC[C@H](C(=O)N[C@@H](C)CC)N(Cc1ccccc1Cl)C(=O)CSCc1cccc(Cl)c1. The van der Waals surface area contributed by atoms with Crippen molar-refractivity contribution in [3.8, 4) is 0 Å². The van der Waals surface area contributed by atoms with Gasteiger partial charge in [-0.05, 0) is 49.1 Å². The van der Waals surface area contributed by atoms with E-state index in [1.54, 1.807) is 11.0 Å². The smallest absolute Gasteiger partial charge is 0.243 e. The van der Waals surface area contributed by atoms with E-state index in [2.05, 4.69) is 5.32 Å². The number of benzene rings is 2. The van der Waals surface area contributed by atoms with E-state index in [1.165, 1.54) is 11.8 Å². The van der Waals surface area contributed by atoms with Gasteiger partial charge in [0, 0.05) is 28.4 Å². The zero-order valence-electron chi connectivity index (χ0n) is 18.2. The number of halogens is 2. The number of hydrogen-bond donors (Lipinski definition) is 1. The third-order valence-corrected chi connectivity index (χ3v) is 6.66. The molecule has 0 unspecified atom stereocenters. The van der Waals surface area contributed by atoms with Gasteiger partial charge in [0.05, 0.1) is 5.75 Å². The zero-order valence-corrected chi connectivity index (χ0v) is 20.6. The topological polar surface area (TPSA) is 49.4 Å². The Balaban J connectivity index is 2.15. The maximum absolute atomic E-state index is 13.2. The first kappa shape index (κ1) is 25.6. The van der Waals surface area contributed by atoms with Gasteiger partial charge in [0.15, 0.2) is 0 Å². The van der Waals surface area contributed by atoms with Gasteiger partial charge in [0.25, 0.3) is 0 Å². The molecule has 0 fully saturated rings. The van der Waals surface area contributed by atoms with Crippen molar-refractivity contribution in [2.75, 3.05) is 5.75 Å². The molecule has 0 heterocycles. The molecule has 31 heavy (non-hydrogen) atoms. The summed E-state index contributed by atoms with van der Waals surface area (Å²) in [5.74, 6) is 0.724. The molecule has 0 spiro atoms. The molecule has 2 amide bonds. The van der Waals surface area contributed by atoms with Gasteiger partial charge in [-0.3, -0.25) is 9.59 Å². The third-order valence-electron chi connectivity index (χ3n) is 5.07. The predicted octanol–water partition coefficient (Wildman–Crippen LogP) is 5.95. The average Bonchev–Trinajstić information content (AvgIpc) is 2.74. The Labute approximate surface area is 199 Å². The molecule has 2 aromatic rings. The number of rotatable bonds is 11. The Hall–Kier alpha value is -1.69. The lowest BCUT2D eigenvalue weighted by Crippen LogP contribution is -2.51. The highest BCUT2D eigenvalue weighted by Crippen LogP contribution is 2.22. The number of carbonyl (C=O) groups is 2. The fraction of sp³-hybridized carbons (Fsp3) is 0.417. The van der Waals surface area contributed by atoms with E-state index in [1.807, 2.05) is 63.2 Å². The van der Waals surface area contributed by atoms with E-state index in [0.29, 0.717) is 28.8 Å². The molecule has 2 rings (SSSR count). The number of carbonyl (C=O) groups excluding carboxylic acids is 2. The van der Waals surface area contributed by atoms with Crippen LogP contribution in [0.4, 0.5) is 0 Å². The highest BCUT2D eigenvalue weighted by molar-refractivity contribution is 7.99. The van der Waals surface area contributed by atoms with Crippen LogP contribution in [0.1, 0.15) is 44.7 Å². The summed E-state index contributed by atoms with van der Waals surface area (Å²) >= 11 is 13.9. The standard InChI is InChI=1S/C24H30Cl2N2O2S/c1-4-17(3)27-24(30)22(5-2)28(14-19-10-6-7-12-21(19)26)23(29)16-31-15-18-9-8-11-20(25)13-18/h6-13,17,22H,4-5,14-16H2,1-3H3,(H,27,30)/t17-,22+/m0/s1. The number of amides is 2. The van der Waals surface area contributed by atoms with Crippen LogP contribution in [0.25, 0.3) is 0 Å². The van der Waals surface area contributed by atoms with Crippen LogP contribution in [0.2, 0.25) is 10.0 Å². The largest absolute Gasteiger partial charge is 0.352 e. The van der Waals surface area contributed by atoms with Crippen LogP contribution >= 0.6 is 35.0 Å². The second-order valence-corrected chi connectivity index (χ2v) is 9.31. The molecule has 0 saturated heterocycles. The average molecular weight is 481 g/mol. The molecule has 168 valence electrons. The van der Waals surface area contributed by atoms with Crippen molar-refractivity contribution in [3.05, 3.63) is 69.7 Å². The van der Waals surface area contributed by atoms with Crippen molar-refractivity contribution in [1.29, 1.82) is 0 Å². The van der Waals surface area contributed by atoms with Gasteiger partial charge in [-0.2, -0.15) is 0 Å². The quantitative estimate of drug-likeness (QED) is 0.432. The van der Waals surface area contributed by atoms with Crippen LogP contribution in [0.5, 0.6) is 0 Å². The minimum Gasteiger partial charge on any atom is -0.352 e. The van der Waals surface area contributed by atoms with Crippen LogP contribution in [-0.2, 0) is 21.9 Å². The molecule has 1 N–H and O–H groups in total. The minimum absolute atomic E-state index is 0.0519. The highest BCUT2D eigenvalue weighted by Gasteiger charge is 2.29. The summed E-state index contributed by atoms with van der Waals surface area (Å²) in [6, 6.07) is 14.5. The Morgan fingerprint density at radius 2 is 1.81 bits per heavy atom. The van der Waals surface area contributed by atoms with Crippen molar-refractivity contribution < 1.29 is 9.59 Å². The molecule has 2 atom stereocenters. The lowest BCUT2D eigenvalue weighted by molar-refractivity contribution is -0.139. The lowest BCUT2D eigenvalue weighted by atomic mass is 10.1. The molecule has 0 aliphatic rings. The van der Waals surface area contributed by atoms with E-state index in [9.17, 15) is 9.59 Å². The molecular weight excluding hydrogens is 451 g/mol. The molecule has 0 aliphatic carbocycles. The van der Waals surface area contributed by atoms with Crippen molar-refractivity contribution in [1.82, 2.24) is 10.2 Å². The van der Waals surface area contributed by atoms with E-state index in [0.717, 1.165) is 17.5 Å². The summed E-state index contributed by atoms with van der Waals surface area (Å²) in [5, 5.41) is 4.28. The highest BCUT2D eigenvalue weighted by atomic mass is 35.5. The first-order valence-electron chi connectivity index (χ1n) is 10.5. The Bertz CT molecular complexity index is 878. The van der Waals surface area contributed by atoms with Crippen LogP contribution in [0.3, 0.4) is 0 Å². The van der Waals surface area contributed by atoms with Gasteiger partial charge < -0.3 is 10.2 Å². The van der Waals surface area contributed by atoms with Gasteiger partial charge in [0.1, 0.15) is 6.04 Å².